The van der Waals surface area contributed by atoms with E-state index in [4.69, 9.17) is 32.7 Å². The van der Waals surface area contributed by atoms with Gasteiger partial charge in [-0.25, -0.2) is 13.4 Å². The first kappa shape index (κ1) is 46.8. The average Bonchev–Trinajstić information content (AvgIpc) is 3.62. The van der Waals surface area contributed by atoms with Crippen molar-refractivity contribution in [3.8, 4) is 17.6 Å². The summed E-state index contributed by atoms with van der Waals surface area (Å²) in [5, 5.41) is 12.5. The fourth-order valence-corrected chi connectivity index (χ4v) is 10.0. The third kappa shape index (κ3) is 10.5. The van der Waals surface area contributed by atoms with Crippen molar-refractivity contribution in [2.75, 3.05) is 79.1 Å². The minimum absolute atomic E-state index is 0.00254. The molecule has 3 amide bonds. The van der Waals surface area contributed by atoms with Gasteiger partial charge in [-0.15, -0.1) is 11.6 Å². The summed E-state index contributed by atoms with van der Waals surface area (Å²) in [6.07, 6.45) is 5.11. The highest BCUT2D eigenvalue weighted by atomic mass is 35.5. The third-order valence-electron chi connectivity index (χ3n) is 13.0. The molecule has 3 saturated heterocycles. The summed E-state index contributed by atoms with van der Waals surface area (Å²) in [6.45, 7) is 10.8. The number of sulfonamides is 1. The predicted octanol–water partition coefficient (Wildman–Crippen LogP) is 5.70. The lowest BCUT2D eigenvalue weighted by molar-refractivity contribution is -0.136. The lowest BCUT2D eigenvalue weighted by Crippen LogP contribution is -2.52. The van der Waals surface area contributed by atoms with E-state index in [0.717, 1.165) is 92.9 Å². The molecule has 19 heteroatoms. The van der Waals surface area contributed by atoms with Gasteiger partial charge in [-0.1, -0.05) is 37.6 Å². The number of hydrogen-bond acceptors (Lipinski definition) is 13. The van der Waals surface area contributed by atoms with Gasteiger partial charge in [-0.2, -0.15) is 10.2 Å². The van der Waals surface area contributed by atoms with E-state index in [2.05, 4.69) is 60.7 Å². The molecule has 3 fully saturated rings. The Kier molecular flexibility index (Phi) is 14.0. The number of rotatable bonds is 15. The molecule has 1 atom stereocenters. The molecule has 66 heavy (non-hydrogen) atoms. The van der Waals surface area contributed by atoms with Crippen LogP contribution < -0.4 is 29.3 Å². The molecule has 0 bridgehead atoms. The van der Waals surface area contributed by atoms with E-state index >= 15 is 0 Å². The SMILES string of the molecule is CC(C)(c1ccc(OCc2cnc(NS(C)(=O)=O)nc2N2CCC(CN3CCN(c4ccc5c(c4)CN(C4CCC(=O)NC4=O)C5=O)CC3)CC2)cc1)c1cc(Cl)c(OCCCl)c(C#N)c1. The van der Waals surface area contributed by atoms with Crippen LogP contribution in [-0.4, -0.2) is 117 Å². The summed E-state index contributed by atoms with van der Waals surface area (Å²) in [4.78, 5) is 55.0. The largest absolute Gasteiger partial charge is 0.489 e. The van der Waals surface area contributed by atoms with E-state index < -0.39 is 27.4 Å². The number of hydrogen-bond donors (Lipinski definition) is 2. The summed E-state index contributed by atoms with van der Waals surface area (Å²) in [5.41, 5.74) is 4.95. The molecule has 0 saturated carbocycles. The number of amides is 3. The van der Waals surface area contributed by atoms with Crippen molar-refractivity contribution >= 4 is 68.4 Å². The normalized spacial score (nSPS) is 18.5. The van der Waals surface area contributed by atoms with E-state index in [9.17, 15) is 28.1 Å². The zero-order valence-electron chi connectivity index (χ0n) is 37.2. The molecule has 0 aliphatic carbocycles. The molecule has 2 N–H and O–H groups in total. The molecule has 5 heterocycles. The first-order valence-corrected chi connectivity index (χ1v) is 24.9. The maximum absolute atomic E-state index is 13.2. The highest BCUT2D eigenvalue weighted by molar-refractivity contribution is 7.92. The number of aromatic nitrogens is 2. The number of benzene rings is 3. The second kappa shape index (κ2) is 19.7. The molecule has 0 spiro atoms. The van der Waals surface area contributed by atoms with Crippen molar-refractivity contribution in [2.24, 2.45) is 5.92 Å². The van der Waals surface area contributed by atoms with Crippen molar-refractivity contribution in [3.63, 3.8) is 0 Å². The molecule has 16 nitrogen and oxygen atoms in total. The Morgan fingerprint density at radius 1 is 0.939 bits per heavy atom. The molecular weight excluding hydrogens is 906 g/mol. The van der Waals surface area contributed by atoms with E-state index in [1.807, 2.05) is 42.5 Å². The number of halogens is 2. The number of nitrogens with one attached hydrogen (secondary N) is 2. The van der Waals surface area contributed by atoms with Gasteiger partial charge in [0.25, 0.3) is 5.91 Å². The van der Waals surface area contributed by atoms with Crippen LogP contribution in [-0.2, 0) is 38.2 Å². The van der Waals surface area contributed by atoms with Crippen LogP contribution >= 0.6 is 23.2 Å². The van der Waals surface area contributed by atoms with Crippen LogP contribution in [0.5, 0.6) is 11.5 Å². The van der Waals surface area contributed by atoms with Crippen LogP contribution in [0.2, 0.25) is 5.02 Å². The van der Waals surface area contributed by atoms with Gasteiger partial charge in [0.05, 0.1) is 28.3 Å². The summed E-state index contributed by atoms with van der Waals surface area (Å²) < 4.78 is 38.6. The Bertz CT molecular complexity index is 2650. The van der Waals surface area contributed by atoms with Crippen molar-refractivity contribution in [1.29, 1.82) is 5.26 Å². The molecule has 348 valence electrons. The fourth-order valence-electron chi connectivity index (χ4n) is 9.25. The number of anilines is 3. The van der Waals surface area contributed by atoms with Crippen LogP contribution in [0.3, 0.4) is 0 Å². The van der Waals surface area contributed by atoms with E-state index in [1.54, 1.807) is 17.2 Å². The van der Waals surface area contributed by atoms with E-state index in [0.29, 0.717) is 52.3 Å². The van der Waals surface area contributed by atoms with Gasteiger partial charge < -0.3 is 24.2 Å². The van der Waals surface area contributed by atoms with Crippen molar-refractivity contribution in [2.45, 2.75) is 64.1 Å². The van der Waals surface area contributed by atoms with Crippen molar-refractivity contribution < 1.29 is 32.3 Å². The Hall–Kier alpha value is -5.67. The third-order valence-corrected chi connectivity index (χ3v) is 14.0. The Labute approximate surface area is 395 Å². The Morgan fingerprint density at radius 2 is 1.68 bits per heavy atom. The molecule has 1 aromatic heterocycles. The van der Waals surface area contributed by atoms with Gasteiger partial charge in [0.2, 0.25) is 27.8 Å². The number of piperidine rings is 2. The highest BCUT2D eigenvalue weighted by Crippen LogP contribution is 2.39. The van der Waals surface area contributed by atoms with Crippen LogP contribution in [0.4, 0.5) is 17.5 Å². The Balaban J connectivity index is 0.862. The van der Waals surface area contributed by atoms with Gasteiger partial charge >= 0.3 is 0 Å². The number of nitrogens with zero attached hydrogens (tertiary/aromatic N) is 7. The van der Waals surface area contributed by atoms with Crippen LogP contribution in [0.1, 0.15) is 77.7 Å². The first-order chi connectivity index (χ1) is 31.6. The number of imide groups is 1. The summed E-state index contributed by atoms with van der Waals surface area (Å²) in [5.74, 6) is 1.44. The smallest absolute Gasteiger partial charge is 0.255 e. The minimum Gasteiger partial charge on any atom is -0.489 e. The fraction of sp³-hybridized carbons (Fsp3) is 0.447. The molecule has 3 aromatic carbocycles. The molecule has 1 unspecified atom stereocenters. The number of nitriles is 1. The zero-order chi connectivity index (χ0) is 46.8. The average molecular weight is 959 g/mol. The summed E-state index contributed by atoms with van der Waals surface area (Å²) in [6, 6.07) is 18.8. The van der Waals surface area contributed by atoms with Crippen LogP contribution in [0.25, 0.3) is 0 Å². The zero-order valence-corrected chi connectivity index (χ0v) is 39.5. The second-order valence-corrected chi connectivity index (χ2v) is 20.3. The standard InChI is InChI=1S/C47H53Cl2N9O7S/c1-47(2,35-22-31(25-50)42(39(49)24-35)64-21-14-48)34-4-7-37(8-5-34)65-29-33-26-51-46(54-66(3,62)63)53-43(33)57-15-12-30(13-16-57)27-55-17-19-56(20-18-55)36-6-9-38-32(23-36)28-58(45(38)61)40-10-11-41(59)52-44(40)60/h4-9,22-24,26,30,40H,10-21,27-29H2,1-3H3,(H,51,53,54)(H,52,59,60). The number of carbonyl (C=O) groups excluding carboxylic acids is 3. The van der Waals surface area contributed by atoms with Crippen molar-refractivity contribution in [1.82, 2.24) is 25.1 Å². The molecule has 8 rings (SSSR count). The Morgan fingerprint density at radius 3 is 2.36 bits per heavy atom. The van der Waals surface area contributed by atoms with Gasteiger partial charge in [-0.05, 0) is 84.3 Å². The van der Waals surface area contributed by atoms with Gasteiger partial charge in [0.15, 0.2) is 5.75 Å². The molecule has 4 aliphatic rings. The maximum Gasteiger partial charge on any atom is 0.255 e. The lowest BCUT2D eigenvalue weighted by Gasteiger charge is -2.40. The number of piperazine rings is 1. The summed E-state index contributed by atoms with van der Waals surface area (Å²) >= 11 is 12.4. The van der Waals surface area contributed by atoms with Gasteiger partial charge in [0, 0.05) is 81.6 Å². The number of carbonyl (C=O) groups is 3. The summed E-state index contributed by atoms with van der Waals surface area (Å²) in [7, 11) is -3.61. The van der Waals surface area contributed by atoms with Crippen LogP contribution in [0, 0.1) is 17.2 Å². The van der Waals surface area contributed by atoms with Crippen LogP contribution in [0.15, 0.2) is 60.8 Å². The first-order valence-electron chi connectivity index (χ1n) is 22.1. The van der Waals surface area contributed by atoms with Gasteiger partial charge in [-0.3, -0.25) is 29.3 Å². The monoisotopic (exact) mass is 957 g/mol. The number of alkyl halides is 1. The molecule has 0 radical (unpaired) electrons. The van der Waals surface area contributed by atoms with Crippen molar-refractivity contribution in [3.05, 3.63) is 99.2 Å². The topological polar surface area (TPSA) is 190 Å². The molecule has 4 aromatic rings. The molecule has 4 aliphatic heterocycles. The number of ether oxygens (including phenoxy) is 2. The van der Waals surface area contributed by atoms with E-state index in [-0.39, 0.29) is 43.3 Å². The van der Waals surface area contributed by atoms with Gasteiger partial charge in [0.1, 0.15) is 36.9 Å². The molecular formula is C47H53Cl2N9O7S. The maximum atomic E-state index is 13.2. The lowest BCUT2D eigenvalue weighted by atomic mass is 9.77. The minimum atomic E-state index is -3.61. The number of fused-ring (bicyclic) bond motifs is 1. The predicted molar refractivity (Wildman–Crippen MR) is 252 cm³/mol. The highest BCUT2D eigenvalue weighted by Gasteiger charge is 2.39. The quantitative estimate of drug-likeness (QED) is 0.109. The van der Waals surface area contributed by atoms with E-state index in [1.165, 1.54) is 0 Å². The second-order valence-electron chi connectivity index (χ2n) is 17.8.